The van der Waals surface area contributed by atoms with Crippen molar-refractivity contribution < 1.29 is 14.6 Å². The van der Waals surface area contributed by atoms with Crippen molar-refractivity contribution in [3.05, 3.63) is 59.7 Å². The minimum atomic E-state index is -1.02. The van der Waals surface area contributed by atoms with E-state index in [9.17, 15) is 9.90 Å². The Bertz CT molecular complexity index is 861. The third-order valence-electron chi connectivity index (χ3n) is 3.36. The van der Waals surface area contributed by atoms with Gasteiger partial charge in [-0.2, -0.15) is 0 Å². The maximum absolute atomic E-state index is 11.4. The molecule has 5 heteroatoms. The van der Waals surface area contributed by atoms with E-state index < -0.39 is 5.97 Å². The second kappa shape index (κ2) is 5.92. The van der Waals surface area contributed by atoms with Crippen LogP contribution in [0.4, 0.5) is 5.69 Å². The van der Waals surface area contributed by atoms with Gasteiger partial charge in [0.2, 0.25) is 5.90 Å². The summed E-state index contributed by atoms with van der Waals surface area (Å²) >= 11 is 0. The van der Waals surface area contributed by atoms with Crippen molar-refractivity contribution in [3.63, 3.8) is 0 Å². The Hall–Kier alpha value is -2.95. The van der Waals surface area contributed by atoms with Crippen LogP contribution in [-0.2, 0) is 0 Å². The number of carboxylic acid groups (broad SMARTS) is 1. The number of aliphatic imine (C=N–C) groups is 2. The molecule has 1 N–H and O–H groups in total. The Morgan fingerprint density at radius 1 is 1.04 bits per heavy atom. The molecule has 0 bridgehead atoms. The molecule has 0 aromatic heterocycles. The summed E-state index contributed by atoms with van der Waals surface area (Å²) in [4.78, 5) is 20.6. The first kappa shape index (κ1) is 15.9. The zero-order valence-corrected chi connectivity index (χ0v) is 13.8. The van der Waals surface area contributed by atoms with Crippen molar-refractivity contribution in [1.82, 2.24) is 0 Å². The normalized spacial score (nSPS) is 17.0. The van der Waals surface area contributed by atoms with Crippen LogP contribution in [-0.4, -0.2) is 28.2 Å². The largest absolute Gasteiger partial charge is 0.478 e. The Morgan fingerprint density at radius 2 is 1.71 bits per heavy atom. The Kier molecular flexibility index (Phi) is 3.93. The van der Waals surface area contributed by atoms with Gasteiger partial charge in [0, 0.05) is 5.56 Å². The summed E-state index contributed by atoms with van der Waals surface area (Å²) in [6, 6.07) is 14.1. The molecule has 24 heavy (non-hydrogen) atoms. The molecule has 1 aliphatic rings. The Balaban J connectivity index is 2.19. The lowest BCUT2D eigenvalue weighted by Gasteiger charge is -2.13. The first-order valence-corrected chi connectivity index (χ1v) is 7.64. The lowest BCUT2D eigenvalue weighted by atomic mass is 10.1. The molecule has 0 fully saturated rings. The molecule has 5 nitrogen and oxygen atoms in total. The van der Waals surface area contributed by atoms with Gasteiger partial charge in [0.15, 0.2) is 0 Å². The second-order valence-electron chi connectivity index (χ2n) is 6.47. The quantitative estimate of drug-likeness (QED) is 0.905. The number of rotatable bonds is 2. The standard InChI is InChI=1S/C19H18N2O3/c1-19(2,3)21-17-16(13-9-5-7-11-15(13)24-17)20-14-10-6-4-8-12(14)18(22)23/h4-11H,1-3H3,(H,22,23). The van der Waals surface area contributed by atoms with Crippen LogP contribution < -0.4 is 4.74 Å². The highest BCUT2D eigenvalue weighted by Crippen LogP contribution is 2.30. The molecule has 0 atom stereocenters. The second-order valence-corrected chi connectivity index (χ2v) is 6.47. The molecule has 2 aromatic carbocycles. The molecule has 122 valence electrons. The van der Waals surface area contributed by atoms with Gasteiger partial charge in [0.1, 0.15) is 11.5 Å². The van der Waals surface area contributed by atoms with E-state index in [1.54, 1.807) is 18.2 Å². The Labute approximate surface area is 140 Å². The number of aromatic carboxylic acids is 1. The maximum atomic E-state index is 11.4. The molecule has 1 aliphatic heterocycles. The zero-order chi connectivity index (χ0) is 17.3. The topological polar surface area (TPSA) is 71.2 Å². The summed E-state index contributed by atoms with van der Waals surface area (Å²) in [6.45, 7) is 5.90. The average molecular weight is 322 g/mol. The SMILES string of the molecule is CC(C)(C)N=C1Oc2ccccc2C1=Nc1ccccc1C(=O)O. The van der Waals surface area contributed by atoms with Crippen LogP contribution in [0.3, 0.4) is 0 Å². The fraction of sp³-hybridized carbons (Fsp3) is 0.211. The molecular formula is C19H18N2O3. The number of hydrogen-bond acceptors (Lipinski definition) is 4. The van der Waals surface area contributed by atoms with E-state index in [1.807, 2.05) is 45.0 Å². The van der Waals surface area contributed by atoms with Crippen LogP contribution in [0.5, 0.6) is 5.75 Å². The molecule has 0 amide bonds. The molecule has 3 rings (SSSR count). The van der Waals surface area contributed by atoms with E-state index in [4.69, 9.17) is 4.74 Å². The molecule has 1 heterocycles. The smallest absolute Gasteiger partial charge is 0.337 e. The summed E-state index contributed by atoms with van der Waals surface area (Å²) in [5.74, 6) is 0.0624. The van der Waals surface area contributed by atoms with Gasteiger partial charge in [-0.1, -0.05) is 24.3 Å². The summed E-state index contributed by atoms with van der Waals surface area (Å²) in [6.07, 6.45) is 0. The highest BCUT2D eigenvalue weighted by molar-refractivity contribution is 6.49. The third kappa shape index (κ3) is 3.20. The summed E-state index contributed by atoms with van der Waals surface area (Å²) < 4.78 is 5.84. The van der Waals surface area contributed by atoms with E-state index in [2.05, 4.69) is 9.98 Å². The fourth-order valence-electron chi connectivity index (χ4n) is 2.38. The molecule has 2 aromatic rings. The number of ether oxygens (including phenoxy) is 1. The molecule has 0 saturated heterocycles. The van der Waals surface area contributed by atoms with Gasteiger partial charge in [-0.25, -0.2) is 14.8 Å². The number of nitrogens with zero attached hydrogens (tertiary/aromatic N) is 2. The molecule has 0 spiro atoms. The van der Waals surface area contributed by atoms with Crippen LogP contribution in [0.15, 0.2) is 58.5 Å². The van der Waals surface area contributed by atoms with Gasteiger partial charge in [-0.15, -0.1) is 0 Å². The van der Waals surface area contributed by atoms with Gasteiger partial charge in [0.05, 0.1) is 16.8 Å². The molecule has 0 unspecified atom stereocenters. The monoisotopic (exact) mass is 322 g/mol. The molecule has 0 saturated carbocycles. The van der Waals surface area contributed by atoms with Gasteiger partial charge in [-0.05, 0) is 45.0 Å². The van der Waals surface area contributed by atoms with Crippen LogP contribution in [0.1, 0.15) is 36.7 Å². The van der Waals surface area contributed by atoms with Gasteiger partial charge < -0.3 is 9.84 Å². The van der Waals surface area contributed by atoms with Crippen molar-refractivity contribution in [2.45, 2.75) is 26.3 Å². The van der Waals surface area contributed by atoms with Gasteiger partial charge >= 0.3 is 5.97 Å². The van der Waals surface area contributed by atoms with E-state index in [0.29, 0.717) is 23.0 Å². The van der Waals surface area contributed by atoms with Crippen molar-refractivity contribution in [2.75, 3.05) is 0 Å². The molecule has 0 radical (unpaired) electrons. The van der Waals surface area contributed by atoms with Crippen LogP contribution >= 0.6 is 0 Å². The summed E-state index contributed by atoms with van der Waals surface area (Å²) in [5.41, 5.74) is 1.53. The van der Waals surface area contributed by atoms with Crippen LogP contribution in [0.25, 0.3) is 0 Å². The number of carbonyl (C=O) groups is 1. The highest BCUT2D eigenvalue weighted by atomic mass is 16.5. The Morgan fingerprint density at radius 3 is 2.42 bits per heavy atom. The van der Waals surface area contributed by atoms with Crippen molar-refractivity contribution in [1.29, 1.82) is 0 Å². The summed E-state index contributed by atoms with van der Waals surface area (Å²) in [5, 5.41) is 9.36. The predicted octanol–water partition coefficient (Wildman–Crippen LogP) is 4.10. The zero-order valence-electron chi connectivity index (χ0n) is 13.8. The van der Waals surface area contributed by atoms with Gasteiger partial charge in [0.25, 0.3) is 0 Å². The minimum absolute atomic E-state index is 0.143. The average Bonchev–Trinajstić information content (AvgIpc) is 2.83. The number of benzene rings is 2. The number of carboxylic acids is 1. The van der Waals surface area contributed by atoms with Crippen LogP contribution in [0, 0.1) is 0 Å². The summed E-state index contributed by atoms with van der Waals surface area (Å²) in [7, 11) is 0. The lowest BCUT2D eigenvalue weighted by Crippen LogP contribution is -2.21. The number of hydrogen-bond donors (Lipinski definition) is 1. The maximum Gasteiger partial charge on any atom is 0.337 e. The van der Waals surface area contributed by atoms with E-state index >= 15 is 0 Å². The first-order chi connectivity index (χ1) is 11.3. The van der Waals surface area contributed by atoms with Gasteiger partial charge in [-0.3, -0.25) is 0 Å². The van der Waals surface area contributed by atoms with E-state index in [-0.39, 0.29) is 11.1 Å². The minimum Gasteiger partial charge on any atom is -0.478 e. The van der Waals surface area contributed by atoms with Crippen molar-refractivity contribution in [2.24, 2.45) is 9.98 Å². The number of fused-ring (bicyclic) bond motifs is 1. The highest BCUT2D eigenvalue weighted by Gasteiger charge is 2.28. The molecular weight excluding hydrogens is 304 g/mol. The fourth-order valence-corrected chi connectivity index (χ4v) is 2.38. The first-order valence-electron chi connectivity index (χ1n) is 7.64. The predicted molar refractivity (Wildman–Crippen MR) is 93.9 cm³/mol. The third-order valence-corrected chi connectivity index (χ3v) is 3.36. The van der Waals surface area contributed by atoms with Crippen LogP contribution in [0.2, 0.25) is 0 Å². The van der Waals surface area contributed by atoms with E-state index in [1.165, 1.54) is 6.07 Å². The van der Waals surface area contributed by atoms with Crippen molar-refractivity contribution >= 4 is 23.3 Å². The lowest BCUT2D eigenvalue weighted by molar-refractivity contribution is 0.0698. The van der Waals surface area contributed by atoms with E-state index in [0.717, 1.165) is 5.56 Å². The molecule has 0 aliphatic carbocycles. The number of para-hydroxylation sites is 2. The van der Waals surface area contributed by atoms with Crippen molar-refractivity contribution in [3.8, 4) is 5.75 Å².